The van der Waals surface area contributed by atoms with E-state index in [0.717, 1.165) is 0 Å². The summed E-state index contributed by atoms with van der Waals surface area (Å²) in [5.74, 6) is 0.637. The second-order valence-electron chi connectivity index (χ2n) is 5.60. The molecule has 0 unspecified atom stereocenters. The van der Waals surface area contributed by atoms with Crippen molar-refractivity contribution in [2.45, 2.75) is 12.3 Å². The Morgan fingerprint density at radius 3 is 3.04 bits per heavy atom. The van der Waals surface area contributed by atoms with Crippen LogP contribution in [-0.4, -0.2) is 31.6 Å². The van der Waals surface area contributed by atoms with Gasteiger partial charge in [-0.2, -0.15) is 5.10 Å². The minimum atomic E-state index is -0.427. The third kappa shape index (κ3) is 2.65. The molecule has 0 bridgehead atoms. The molecule has 3 aromatic rings. The van der Waals surface area contributed by atoms with Gasteiger partial charge < -0.3 is 15.1 Å². The Morgan fingerprint density at radius 1 is 1.44 bits per heavy atom. The Kier molecular flexibility index (Phi) is 3.53. The molecule has 1 aliphatic rings. The maximum absolute atomic E-state index is 12.4. The van der Waals surface area contributed by atoms with E-state index in [-0.39, 0.29) is 23.9 Å². The molecule has 25 heavy (non-hydrogen) atoms. The highest BCUT2D eigenvalue weighted by Gasteiger charge is 2.35. The number of hydrogen-bond donors (Lipinski definition) is 2. The van der Waals surface area contributed by atoms with Crippen molar-refractivity contribution in [2.75, 3.05) is 10.6 Å². The standard InChI is InChI=1S/C16H14N6O3/c1-22-15-13(9(7-12(23)19-15)11-3-2-6-25-11)14(21-22)20-16(24)10-8-17-4-5-18-10/h2-6,8-9H,7H2,1H3,(H,19,23)(H,20,21,24)/t9-/m1/s1. The summed E-state index contributed by atoms with van der Waals surface area (Å²) in [6.45, 7) is 0. The summed E-state index contributed by atoms with van der Waals surface area (Å²) in [7, 11) is 1.70. The zero-order valence-corrected chi connectivity index (χ0v) is 13.3. The van der Waals surface area contributed by atoms with Gasteiger partial charge in [-0.3, -0.25) is 19.3 Å². The van der Waals surface area contributed by atoms with E-state index in [0.29, 0.717) is 23.0 Å². The minimum absolute atomic E-state index is 0.135. The lowest BCUT2D eigenvalue weighted by molar-refractivity contribution is -0.116. The lowest BCUT2D eigenvalue weighted by atomic mass is 9.91. The van der Waals surface area contributed by atoms with Crippen molar-refractivity contribution in [3.05, 3.63) is 54.0 Å². The molecule has 0 fully saturated rings. The lowest BCUT2D eigenvalue weighted by Gasteiger charge is -2.22. The van der Waals surface area contributed by atoms with Crippen molar-refractivity contribution in [2.24, 2.45) is 7.05 Å². The molecule has 4 rings (SSSR count). The number of aryl methyl sites for hydroxylation is 1. The van der Waals surface area contributed by atoms with Gasteiger partial charge in [0.1, 0.15) is 17.3 Å². The van der Waals surface area contributed by atoms with Gasteiger partial charge >= 0.3 is 0 Å². The van der Waals surface area contributed by atoms with E-state index in [4.69, 9.17) is 4.42 Å². The molecule has 0 saturated heterocycles. The highest BCUT2D eigenvalue weighted by Crippen LogP contribution is 2.41. The van der Waals surface area contributed by atoms with Gasteiger partial charge in [-0.25, -0.2) is 4.98 Å². The van der Waals surface area contributed by atoms with E-state index in [9.17, 15) is 9.59 Å². The molecule has 1 aliphatic heterocycles. The summed E-state index contributed by atoms with van der Waals surface area (Å²) >= 11 is 0. The summed E-state index contributed by atoms with van der Waals surface area (Å²) in [6, 6.07) is 3.56. The van der Waals surface area contributed by atoms with Crippen LogP contribution in [0.3, 0.4) is 0 Å². The monoisotopic (exact) mass is 338 g/mol. The summed E-state index contributed by atoms with van der Waals surface area (Å²) in [5.41, 5.74) is 0.880. The van der Waals surface area contributed by atoms with Gasteiger partial charge in [-0.05, 0) is 12.1 Å². The van der Waals surface area contributed by atoms with Crippen LogP contribution in [0.2, 0.25) is 0 Å². The molecule has 0 radical (unpaired) electrons. The van der Waals surface area contributed by atoms with Crippen molar-refractivity contribution in [1.82, 2.24) is 19.7 Å². The molecule has 3 aromatic heterocycles. The molecule has 0 spiro atoms. The van der Waals surface area contributed by atoms with E-state index in [2.05, 4.69) is 25.7 Å². The summed E-state index contributed by atoms with van der Waals surface area (Å²) < 4.78 is 7.00. The maximum Gasteiger partial charge on any atom is 0.277 e. The van der Waals surface area contributed by atoms with E-state index >= 15 is 0 Å². The van der Waals surface area contributed by atoms with Gasteiger partial charge in [0, 0.05) is 25.9 Å². The molecule has 126 valence electrons. The predicted octanol–water partition coefficient (Wildman–Crippen LogP) is 1.53. The number of anilines is 2. The fourth-order valence-corrected chi connectivity index (χ4v) is 2.90. The van der Waals surface area contributed by atoms with Crippen LogP contribution in [0.4, 0.5) is 11.6 Å². The fourth-order valence-electron chi connectivity index (χ4n) is 2.90. The number of hydrogen-bond acceptors (Lipinski definition) is 6. The van der Waals surface area contributed by atoms with E-state index in [1.54, 1.807) is 25.4 Å². The predicted molar refractivity (Wildman–Crippen MR) is 87.0 cm³/mol. The van der Waals surface area contributed by atoms with E-state index < -0.39 is 5.91 Å². The molecule has 4 heterocycles. The molecule has 0 saturated carbocycles. The maximum atomic E-state index is 12.4. The van der Waals surface area contributed by atoms with Gasteiger partial charge in [0.05, 0.1) is 23.9 Å². The first-order valence-electron chi connectivity index (χ1n) is 7.61. The summed E-state index contributed by atoms with van der Waals surface area (Å²) in [4.78, 5) is 32.3. The smallest absolute Gasteiger partial charge is 0.277 e. The first-order chi connectivity index (χ1) is 12.1. The Hall–Kier alpha value is -3.49. The number of aromatic nitrogens is 4. The first-order valence-corrected chi connectivity index (χ1v) is 7.61. The number of nitrogens with one attached hydrogen (secondary N) is 2. The average molecular weight is 338 g/mol. The third-order valence-electron chi connectivity index (χ3n) is 3.99. The van der Waals surface area contributed by atoms with Crippen molar-refractivity contribution >= 4 is 23.5 Å². The van der Waals surface area contributed by atoms with Gasteiger partial charge in [0.15, 0.2) is 5.82 Å². The van der Waals surface area contributed by atoms with Gasteiger partial charge in [-0.1, -0.05) is 0 Å². The lowest BCUT2D eigenvalue weighted by Crippen LogP contribution is -2.25. The highest BCUT2D eigenvalue weighted by atomic mass is 16.3. The van der Waals surface area contributed by atoms with Crippen LogP contribution in [-0.2, 0) is 11.8 Å². The zero-order chi connectivity index (χ0) is 17.4. The molecule has 1 atom stereocenters. The Bertz CT molecular complexity index is 932. The zero-order valence-electron chi connectivity index (χ0n) is 13.3. The van der Waals surface area contributed by atoms with Crippen LogP contribution in [0, 0.1) is 0 Å². The molecule has 2 amide bonds. The molecular formula is C16H14N6O3. The second-order valence-corrected chi connectivity index (χ2v) is 5.60. The molecule has 0 aliphatic carbocycles. The van der Waals surface area contributed by atoms with Crippen molar-refractivity contribution < 1.29 is 14.0 Å². The number of carbonyl (C=O) groups is 2. The van der Waals surface area contributed by atoms with Crippen LogP contribution in [0.15, 0.2) is 41.4 Å². The van der Waals surface area contributed by atoms with Crippen LogP contribution in [0.1, 0.15) is 34.2 Å². The van der Waals surface area contributed by atoms with Crippen molar-refractivity contribution in [3.8, 4) is 0 Å². The first kappa shape index (κ1) is 15.1. The SMILES string of the molecule is Cn1nc(NC(=O)c2cnccn2)c2c1NC(=O)C[C@@H]2c1ccco1. The van der Waals surface area contributed by atoms with Crippen LogP contribution >= 0.6 is 0 Å². The molecule has 9 heteroatoms. The van der Waals surface area contributed by atoms with Crippen LogP contribution in [0.25, 0.3) is 0 Å². The van der Waals surface area contributed by atoms with E-state index in [1.807, 2.05) is 0 Å². The van der Waals surface area contributed by atoms with Crippen LogP contribution < -0.4 is 10.6 Å². The number of nitrogens with zero attached hydrogens (tertiary/aromatic N) is 4. The van der Waals surface area contributed by atoms with Crippen molar-refractivity contribution in [3.63, 3.8) is 0 Å². The molecule has 2 N–H and O–H groups in total. The van der Waals surface area contributed by atoms with E-state index in [1.165, 1.54) is 23.3 Å². The van der Waals surface area contributed by atoms with Crippen LogP contribution in [0.5, 0.6) is 0 Å². The second kappa shape index (κ2) is 5.86. The topological polar surface area (TPSA) is 115 Å². The third-order valence-corrected chi connectivity index (χ3v) is 3.99. The highest BCUT2D eigenvalue weighted by molar-refractivity contribution is 6.04. The molecule has 9 nitrogen and oxygen atoms in total. The Morgan fingerprint density at radius 2 is 2.32 bits per heavy atom. The molecular weight excluding hydrogens is 324 g/mol. The Labute approximate surface area is 142 Å². The van der Waals surface area contributed by atoms with Gasteiger partial charge in [0.25, 0.3) is 5.91 Å². The minimum Gasteiger partial charge on any atom is -0.469 e. The Balaban J connectivity index is 1.74. The van der Waals surface area contributed by atoms with Gasteiger partial charge in [0.2, 0.25) is 5.91 Å². The normalized spacial score (nSPS) is 16.2. The largest absolute Gasteiger partial charge is 0.469 e. The number of carbonyl (C=O) groups excluding carboxylic acids is 2. The number of furan rings is 1. The summed E-state index contributed by atoms with van der Waals surface area (Å²) in [6.07, 6.45) is 6.06. The quantitative estimate of drug-likeness (QED) is 0.748. The fraction of sp³-hybridized carbons (Fsp3) is 0.188. The number of rotatable bonds is 3. The number of fused-ring (bicyclic) bond motifs is 1. The average Bonchev–Trinajstić information content (AvgIpc) is 3.24. The van der Waals surface area contributed by atoms with Crippen molar-refractivity contribution in [1.29, 1.82) is 0 Å². The summed E-state index contributed by atoms with van der Waals surface area (Å²) in [5, 5.41) is 9.87. The van der Waals surface area contributed by atoms with Gasteiger partial charge in [-0.15, -0.1) is 0 Å². The number of amides is 2. The molecule has 0 aromatic carbocycles.